The Labute approximate surface area is 200 Å². The fourth-order valence-electron chi connectivity index (χ4n) is 4.14. The molecule has 0 heterocycles. The van der Waals surface area contributed by atoms with E-state index in [4.69, 9.17) is 14.6 Å². The molecule has 0 radical (unpaired) electrons. The van der Waals surface area contributed by atoms with Gasteiger partial charge in [-0.3, -0.25) is 4.79 Å². The standard InChI is InChI=1S/C28H56O4/c1-3-5-7-8-9-10-11-12-13-14-15-16-17-18-19-21-28(30)32-26-27(20-6-4-2)22-24-31-25-23-29/h27,29H,3-26H2,1-2H3. The number of ether oxygens (including phenoxy) is 2. The maximum absolute atomic E-state index is 12.0. The van der Waals surface area contributed by atoms with Gasteiger partial charge in [-0.1, -0.05) is 117 Å². The summed E-state index contributed by atoms with van der Waals surface area (Å²) in [6.07, 6.45) is 24.9. The first-order chi connectivity index (χ1) is 15.7. The van der Waals surface area contributed by atoms with Crippen LogP contribution >= 0.6 is 0 Å². The van der Waals surface area contributed by atoms with Crippen molar-refractivity contribution in [2.75, 3.05) is 26.4 Å². The molecular weight excluding hydrogens is 400 g/mol. The zero-order valence-electron chi connectivity index (χ0n) is 21.7. The zero-order valence-corrected chi connectivity index (χ0v) is 21.7. The zero-order chi connectivity index (χ0) is 23.5. The third-order valence-electron chi connectivity index (χ3n) is 6.34. The summed E-state index contributed by atoms with van der Waals surface area (Å²) < 4.78 is 10.9. The minimum atomic E-state index is -0.0440. The van der Waals surface area contributed by atoms with Crippen molar-refractivity contribution in [2.24, 2.45) is 5.92 Å². The number of aliphatic hydroxyl groups is 1. The van der Waals surface area contributed by atoms with Gasteiger partial charge in [0, 0.05) is 13.0 Å². The lowest BCUT2D eigenvalue weighted by atomic mass is 10.00. The van der Waals surface area contributed by atoms with Gasteiger partial charge in [-0.05, 0) is 25.2 Å². The molecule has 0 aromatic carbocycles. The second-order valence-corrected chi connectivity index (χ2v) is 9.52. The van der Waals surface area contributed by atoms with E-state index in [0.29, 0.717) is 32.2 Å². The normalized spacial score (nSPS) is 12.2. The predicted octanol–water partition coefficient (Wildman–Crippen LogP) is 8.00. The van der Waals surface area contributed by atoms with E-state index in [2.05, 4.69) is 13.8 Å². The maximum atomic E-state index is 12.0. The molecule has 0 saturated carbocycles. The summed E-state index contributed by atoms with van der Waals surface area (Å²) in [4.78, 5) is 12.0. The summed E-state index contributed by atoms with van der Waals surface area (Å²) in [5.74, 6) is 0.330. The van der Waals surface area contributed by atoms with Crippen molar-refractivity contribution >= 4 is 5.97 Å². The minimum Gasteiger partial charge on any atom is -0.465 e. The molecule has 0 aromatic rings. The van der Waals surface area contributed by atoms with Crippen LogP contribution in [-0.2, 0) is 14.3 Å². The monoisotopic (exact) mass is 456 g/mol. The summed E-state index contributed by atoms with van der Waals surface area (Å²) in [5.41, 5.74) is 0. The number of hydrogen-bond acceptors (Lipinski definition) is 4. The molecule has 0 amide bonds. The van der Waals surface area contributed by atoms with Crippen molar-refractivity contribution in [1.82, 2.24) is 0 Å². The summed E-state index contributed by atoms with van der Waals surface area (Å²) >= 11 is 0. The van der Waals surface area contributed by atoms with Crippen molar-refractivity contribution in [3.8, 4) is 0 Å². The topological polar surface area (TPSA) is 55.8 Å². The number of rotatable bonds is 26. The molecule has 0 fully saturated rings. The van der Waals surface area contributed by atoms with E-state index in [1.165, 1.54) is 83.5 Å². The predicted molar refractivity (Wildman–Crippen MR) is 136 cm³/mol. The van der Waals surface area contributed by atoms with Crippen molar-refractivity contribution in [1.29, 1.82) is 0 Å². The molecular formula is C28H56O4. The van der Waals surface area contributed by atoms with Crippen LogP contribution in [0.3, 0.4) is 0 Å². The smallest absolute Gasteiger partial charge is 0.305 e. The van der Waals surface area contributed by atoms with Gasteiger partial charge in [-0.2, -0.15) is 0 Å². The number of aliphatic hydroxyl groups excluding tert-OH is 1. The summed E-state index contributed by atoms with van der Waals surface area (Å²) in [6, 6.07) is 0. The molecule has 0 aliphatic heterocycles. The number of hydrogen-bond donors (Lipinski definition) is 1. The molecule has 0 aliphatic carbocycles. The van der Waals surface area contributed by atoms with E-state index in [-0.39, 0.29) is 12.6 Å². The average molecular weight is 457 g/mol. The second kappa shape index (κ2) is 26.6. The van der Waals surface area contributed by atoms with Gasteiger partial charge < -0.3 is 14.6 Å². The SMILES string of the molecule is CCCCCCCCCCCCCCCCCC(=O)OCC(CCCC)CCOCCO. The van der Waals surface area contributed by atoms with Crippen molar-refractivity contribution in [2.45, 2.75) is 142 Å². The molecule has 4 nitrogen and oxygen atoms in total. The van der Waals surface area contributed by atoms with Crippen LogP contribution in [0.25, 0.3) is 0 Å². The lowest BCUT2D eigenvalue weighted by Crippen LogP contribution is -2.16. The third kappa shape index (κ3) is 24.0. The Morgan fingerprint density at radius 1 is 0.656 bits per heavy atom. The first kappa shape index (κ1) is 31.4. The van der Waals surface area contributed by atoms with Gasteiger partial charge >= 0.3 is 5.97 Å². The van der Waals surface area contributed by atoms with Crippen LogP contribution < -0.4 is 0 Å². The Kier molecular flexibility index (Phi) is 26.1. The van der Waals surface area contributed by atoms with E-state index in [1.54, 1.807) is 0 Å². The Morgan fingerprint density at radius 3 is 1.66 bits per heavy atom. The van der Waals surface area contributed by atoms with Crippen LogP contribution in [0.4, 0.5) is 0 Å². The van der Waals surface area contributed by atoms with Crippen molar-refractivity contribution in [3.63, 3.8) is 0 Å². The fraction of sp³-hybridized carbons (Fsp3) is 0.964. The quantitative estimate of drug-likeness (QED) is 0.106. The minimum absolute atomic E-state index is 0.0440. The highest BCUT2D eigenvalue weighted by atomic mass is 16.5. The van der Waals surface area contributed by atoms with Gasteiger partial charge in [-0.25, -0.2) is 0 Å². The van der Waals surface area contributed by atoms with E-state index in [0.717, 1.165) is 38.5 Å². The lowest BCUT2D eigenvalue weighted by molar-refractivity contribution is -0.145. The average Bonchev–Trinajstić information content (AvgIpc) is 2.80. The summed E-state index contributed by atoms with van der Waals surface area (Å²) in [6.45, 7) is 6.06. The van der Waals surface area contributed by atoms with Gasteiger partial charge in [0.2, 0.25) is 0 Å². The van der Waals surface area contributed by atoms with Gasteiger partial charge in [0.05, 0.1) is 19.8 Å². The molecule has 0 saturated heterocycles. The third-order valence-corrected chi connectivity index (χ3v) is 6.34. The molecule has 1 N–H and O–H groups in total. The molecule has 0 aliphatic rings. The molecule has 1 unspecified atom stereocenters. The second-order valence-electron chi connectivity index (χ2n) is 9.52. The highest BCUT2D eigenvalue weighted by molar-refractivity contribution is 5.69. The molecule has 0 spiro atoms. The van der Waals surface area contributed by atoms with Gasteiger partial charge in [0.25, 0.3) is 0 Å². The van der Waals surface area contributed by atoms with Crippen LogP contribution in [0.1, 0.15) is 142 Å². The molecule has 0 rings (SSSR count). The van der Waals surface area contributed by atoms with E-state index in [1.807, 2.05) is 0 Å². The van der Waals surface area contributed by atoms with Crippen molar-refractivity contribution in [3.05, 3.63) is 0 Å². The number of unbranched alkanes of at least 4 members (excludes halogenated alkanes) is 15. The van der Waals surface area contributed by atoms with Crippen molar-refractivity contribution < 1.29 is 19.4 Å². The highest BCUT2D eigenvalue weighted by Crippen LogP contribution is 2.16. The Bertz CT molecular complexity index is 372. The van der Waals surface area contributed by atoms with Gasteiger partial charge in [0.1, 0.15) is 0 Å². The van der Waals surface area contributed by atoms with Crippen LogP contribution in [0, 0.1) is 5.92 Å². The van der Waals surface area contributed by atoms with Gasteiger partial charge in [-0.15, -0.1) is 0 Å². The summed E-state index contributed by atoms with van der Waals surface area (Å²) in [7, 11) is 0. The largest absolute Gasteiger partial charge is 0.465 e. The van der Waals surface area contributed by atoms with Crippen LogP contribution in [-0.4, -0.2) is 37.5 Å². The first-order valence-corrected chi connectivity index (χ1v) is 14.1. The van der Waals surface area contributed by atoms with Crippen LogP contribution in [0.15, 0.2) is 0 Å². The van der Waals surface area contributed by atoms with Gasteiger partial charge in [0.15, 0.2) is 0 Å². The first-order valence-electron chi connectivity index (χ1n) is 14.1. The molecule has 32 heavy (non-hydrogen) atoms. The lowest BCUT2D eigenvalue weighted by Gasteiger charge is -2.16. The fourth-order valence-corrected chi connectivity index (χ4v) is 4.14. The molecule has 4 heteroatoms. The van der Waals surface area contributed by atoms with E-state index in [9.17, 15) is 4.79 Å². The number of esters is 1. The Hall–Kier alpha value is -0.610. The Morgan fingerprint density at radius 2 is 1.16 bits per heavy atom. The highest BCUT2D eigenvalue weighted by Gasteiger charge is 2.12. The molecule has 192 valence electrons. The van der Waals surface area contributed by atoms with Crippen LogP contribution in [0.2, 0.25) is 0 Å². The summed E-state index contributed by atoms with van der Waals surface area (Å²) in [5, 5.41) is 8.79. The molecule has 1 atom stereocenters. The molecule has 0 aromatic heterocycles. The maximum Gasteiger partial charge on any atom is 0.305 e. The molecule has 0 bridgehead atoms. The Balaban J connectivity index is 3.48. The van der Waals surface area contributed by atoms with Crippen LogP contribution in [0.5, 0.6) is 0 Å². The number of carbonyl (C=O) groups is 1. The van der Waals surface area contributed by atoms with E-state index >= 15 is 0 Å². The van der Waals surface area contributed by atoms with E-state index < -0.39 is 0 Å². The number of carbonyl (C=O) groups excluding carboxylic acids is 1.